The number of benzene rings is 1. The number of halogens is 2. The molecule has 0 atom stereocenters. The summed E-state index contributed by atoms with van der Waals surface area (Å²) in [6.07, 6.45) is 4.99. The molecule has 0 fully saturated rings. The number of rotatable bonds is 2. The first-order valence-electron chi connectivity index (χ1n) is 4.98. The molecule has 0 bridgehead atoms. The maximum Gasteiger partial charge on any atom is 0.216 e. The second kappa shape index (κ2) is 5.21. The van der Waals surface area contributed by atoms with Crippen molar-refractivity contribution in [3.8, 4) is 0 Å². The molecule has 4 heteroatoms. The highest BCUT2D eigenvalue weighted by atomic mass is 35.5. The molecule has 0 aliphatic heterocycles. The number of aromatic nitrogens is 1. The van der Waals surface area contributed by atoms with Crippen LogP contribution in [0.25, 0.3) is 12.2 Å². The Morgan fingerprint density at radius 3 is 2.53 bits per heavy atom. The maximum absolute atomic E-state index is 11.4. The average molecular weight is 266 g/mol. The van der Waals surface area contributed by atoms with Gasteiger partial charge in [0.2, 0.25) is 5.69 Å². The zero-order chi connectivity index (χ0) is 12.3. The van der Waals surface area contributed by atoms with E-state index in [2.05, 4.69) is 0 Å². The number of pyridine rings is 1. The summed E-state index contributed by atoms with van der Waals surface area (Å²) in [4.78, 5) is 0. The van der Waals surface area contributed by atoms with Gasteiger partial charge >= 0.3 is 0 Å². The predicted octanol–water partition coefficient (Wildman–Crippen LogP) is 3.80. The van der Waals surface area contributed by atoms with Crippen molar-refractivity contribution in [2.24, 2.45) is 0 Å². The zero-order valence-electron chi connectivity index (χ0n) is 8.81. The standard InChI is InChI=1S/C13H9Cl2NO/c14-12-7-5-10(9-13(12)15)4-6-11-3-1-2-8-16(11)17/h1-9H/b6-4+. The van der Waals surface area contributed by atoms with E-state index in [1.807, 2.05) is 18.2 Å². The molecular formula is C13H9Cl2NO. The van der Waals surface area contributed by atoms with E-state index in [-0.39, 0.29) is 0 Å². The van der Waals surface area contributed by atoms with Gasteiger partial charge in [-0.3, -0.25) is 0 Å². The third kappa shape index (κ3) is 2.99. The van der Waals surface area contributed by atoms with E-state index in [9.17, 15) is 5.21 Å². The van der Waals surface area contributed by atoms with Gasteiger partial charge in [-0.2, -0.15) is 4.73 Å². The van der Waals surface area contributed by atoms with Gasteiger partial charge in [-0.1, -0.05) is 29.3 Å². The molecule has 0 saturated heterocycles. The number of hydrogen-bond donors (Lipinski definition) is 0. The van der Waals surface area contributed by atoms with E-state index in [1.54, 1.807) is 30.3 Å². The Kier molecular flexibility index (Phi) is 3.67. The largest absolute Gasteiger partial charge is 0.618 e. The SMILES string of the molecule is [O-][n+]1ccccc1/C=C/c1ccc(Cl)c(Cl)c1. The van der Waals surface area contributed by atoms with Crippen LogP contribution in [0.4, 0.5) is 0 Å². The van der Waals surface area contributed by atoms with Crippen molar-refractivity contribution >= 4 is 35.4 Å². The molecule has 2 rings (SSSR count). The molecule has 0 aliphatic carbocycles. The van der Waals surface area contributed by atoms with Crippen molar-refractivity contribution in [3.05, 3.63) is 69.1 Å². The lowest BCUT2D eigenvalue weighted by Crippen LogP contribution is -2.28. The zero-order valence-corrected chi connectivity index (χ0v) is 10.3. The quantitative estimate of drug-likeness (QED) is 0.600. The van der Waals surface area contributed by atoms with Gasteiger partial charge in [0.25, 0.3) is 0 Å². The summed E-state index contributed by atoms with van der Waals surface area (Å²) in [5.74, 6) is 0. The lowest BCUT2D eigenvalue weighted by molar-refractivity contribution is -0.607. The lowest BCUT2D eigenvalue weighted by atomic mass is 10.2. The molecule has 0 radical (unpaired) electrons. The molecule has 0 unspecified atom stereocenters. The van der Waals surface area contributed by atoms with Crippen LogP contribution in [-0.4, -0.2) is 0 Å². The Bertz CT molecular complexity index is 567. The van der Waals surface area contributed by atoms with Crippen LogP contribution in [0.1, 0.15) is 11.3 Å². The first kappa shape index (κ1) is 12.0. The van der Waals surface area contributed by atoms with Crippen LogP contribution in [0.3, 0.4) is 0 Å². The second-order valence-electron chi connectivity index (χ2n) is 3.46. The van der Waals surface area contributed by atoms with Crippen molar-refractivity contribution in [2.45, 2.75) is 0 Å². The molecule has 0 N–H and O–H groups in total. The molecular weight excluding hydrogens is 257 g/mol. The molecule has 2 nitrogen and oxygen atoms in total. The molecule has 17 heavy (non-hydrogen) atoms. The highest BCUT2D eigenvalue weighted by Crippen LogP contribution is 2.23. The van der Waals surface area contributed by atoms with E-state index < -0.39 is 0 Å². The first-order valence-corrected chi connectivity index (χ1v) is 5.74. The average Bonchev–Trinajstić information content (AvgIpc) is 2.32. The summed E-state index contributed by atoms with van der Waals surface area (Å²) < 4.78 is 0.800. The van der Waals surface area contributed by atoms with Crippen molar-refractivity contribution in [3.63, 3.8) is 0 Å². The minimum atomic E-state index is 0.497. The van der Waals surface area contributed by atoms with Crippen LogP contribution >= 0.6 is 23.2 Å². The van der Waals surface area contributed by atoms with E-state index >= 15 is 0 Å². The van der Waals surface area contributed by atoms with Gasteiger partial charge in [-0.25, -0.2) is 0 Å². The van der Waals surface area contributed by atoms with Gasteiger partial charge in [0.05, 0.1) is 10.0 Å². The minimum Gasteiger partial charge on any atom is -0.618 e. The fourth-order valence-corrected chi connectivity index (χ4v) is 1.67. The summed E-state index contributed by atoms with van der Waals surface area (Å²) in [7, 11) is 0. The van der Waals surface area contributed by atoms with E-state index in [0.29, 0.717) is 15.7 Å². The van der Waals surface area contributed by atoms with E-state index in [1.165, 1.54) is 6.20 Å². The topological polar surface area (TPSA) is 26.9 Å². The lowest BCUT2D eigenvalue weighted by Gasteiger charge is -1.99. The summed E-state index contributed by atoms with van der Waals surface area (Å²) in [6, 6.07) is 10.5. The molecule has 1 aromatic heterocycles. The highest BCUT2D eigenvalue weighted by molar-refractivity contribution is 6.42. The number of nitrogens with zero attached hydrogens (tertiary/aromatic N) is 1. The molecule has 0 spiro atoms. The normalized spacial score (nSPS) is 10.9. The van der Waals surface area contributed by atoms with Crippen LogP contribution in [0.15, 0.2) is 42.6 Å². The van der Waals surface area contributed by atoms with Gasteiger partial charge < -0.3 is 5.21 Å². The van der Waals surface area contributed by atoms with Crippen molar-refractivity contribution in [2.75, 3.05) is 0 Å². The van der Waals surface area contributed by atoms with Crippen molar-refractivity contribution in [1.82, 2.24) is 0 Å². The van der Waals surface area contributed by atoms with Crippen LogP contribution in [0, 0.1) is 5.21 Å². The smallest absolute Gasteiger partial charge is 0.216 e. The second-order valence-corrected chi connectivity index (χ2v) is 4.27. The molecule has 0 saturated carbocycles. The van der Waals surface area contributed by atoms with E-state index in [0.717, 1.165) is 10.3 Å². The third-order valence-electron chi connectivity index (χ3n) is 2.24. The minimum absolute atomic E-state index is 0.497. The Morgan fingerprint density at radius 1 is 1.00 bits per heavy atom. The molecule has 1 aromatic carbocycles. The Labute approximate surface area is 109 Å². The highest BCUT2D eigenvalue weighted by Gasteiger charge is 1.99. The Hall–Kier alpha value is -1.51. The molecule has 0 aliphatic rings. The first-order chi connectivity index (χ1) is 8.16. The fraction of sp³-hybridized carbons (Fsp3) is 0. The van der Waals surface area contributed by atoms with Gasteiger partial charge in [0, 0.05) is 18.2 Å². The van der Waals surface area contributed by atoms with E-state index in [4.69, 9.17) is 23.2 Å². The summed E-state index contributed by atoms with van der Waals surface area (Å²) in [5, 5.41) is 12.4. The van der Waals surface area contributed by atoms with Crippen LogP contribution in [0.2, 0.25) is 10.0 Å². The summed E-state index contributed by atoms with van der Waals surface area (Å²) >= 11 is 11.7. The van der Waals surface area contributed by atoms with Crippen molar-refractivity contribution < 1.29 is 4.73 Å². The molecule has 86 valence electrons. The van der Waals surface area contributed by atoms with Crippen LogP contribution in [0.5, 0.6) is 0 Å². The van der Waals surface area contributed by atoms with Gasteiger partial charge in [0.15, 0.2) is 6.20 Å². The fourth-order valence-electron chi connectivity index (χ4n) is 1.37. The van der Waals surface area contributed by atoms with Crippen molar-refractivity contribution in [1.29, 1.82) is 0 Å². The number of hydrogen-bond acceptors (Lipinski definition) is 1. The molecule has 1 heterocycles. The Balaban J connectivity index is 2.26. The molecule has 0 amide bonds. The van der Waals surface area contributed by atoms with Gasteiger partial charge in [0.1, 0.15) is 0 Å². The summed E-state index contributed by atoms with van der Waals surface area (Å²) in [5.41, 5.74) is 1.46. The Morgan fingerprint density at radius 2 is 1.82 bits per heavy atom. The van der Waals surface area contributed by atoms with Crippen LogP contribution in [-0.2, 0) is 0 Å². The summed E-state index contributed by atoms with van der Waals surface area (Å²) in [6.45, 7) is 0. The predicted molar refractivity (Wildman–Crippen MR) is 70.8 cm³/mol. The van der Waals surface area contributed by atoms with Gasteiger partial charge in [-0.15, -0.1) is 0 Å². The monoisotopic (exact) mass is 265 g/mol. The maximum atomic E-state index is 11.4. The van der Waals surface area contributed by atoms with Crippen LogP contribution < -0.4 is 4.73 Å². The molecule has 2 aromatic rings. The van der Waals surface area contributed by atoms with Gasteiger partial charge in [-0.05, 0) is 29.8 Å². The third-order valence-corrected chi connectivity index (χ3v) is 2.98.